The van der Waals surface area contributed by atoms with Crippen molar-refractivity contribution >= 4 is 23.3 Å². The molecule has 0 fully saturated rings. The van der Waals surface area contributed by atoms with Gasteiger partial charge in [0.25, 0.3) is 0 Å². The van der Waals surface area contributed by atoms with E-state index in [0.29, 0.717) is 31.7 Å². The molecule has 3 amide bonds. The van der Waals surface area contributed by atoms with Crippen LogP contribution in [0.15, 0.2) is 42.5 Å². The molecule has 0 saturated carbocycles. The summed E-state index contributed by atoms with van der Waals surface area (Å²) in [5.41, 5.74) is 3.61. The van der Waals surface area contributed by atoms with Gasteiger partial charge in [-0.3, -0.25) is 4.79 Å². The van der Waals surface area contributed by atoms with Gasteiger partial charge < -0.3 is 20.7 Å². The largest absolute Gasteiger partial charge is 0.491 e. The van der Waals surface area contributed by atoms with Gasteiger partial charge in [0.15, 0.2) is 0 Å². The van der Waals surface area contributed by atoms with Crippen molar-refractivity contribution in [3.05, 3.63) is 53.6 Å². The highest BCUT2D eigenvalue weighted by Crippen LogP contribution is 2.25. The number of anilines is 2. The average Bonchev–Trinajstić information content (AvgIpc) is 2.60. The summed E-state index contributed by atoms with van der Waals surface area (Å²) < 4.78 is 5.64. The van der Waals surface area contributed by atoms with Gasteiger partial charge in [-0.05, 0) is 48.7 Å². The first-order chi connectivity index (χ1) is 12.1. The van der Waals surface area contributed by atoms with Crippen LogP contribution in [-0.4, -0.2) is 25.1 Å². The minimum absolute atomic E-state index is 0.0274. The van der Waals surface area contributed by atoms with Crippen LogP contribution in [0.3, 0.4) is 0 Å². The third-order valence-electron chi connectivity index (χ3n) is 4.00. The van der Waals surface area contributed by atoms with Crippen molar-refractivity contribution in [3.8, 4) is 5.75 Å². The van der Waals surface area contributed by atoms with Crippen molar-refractivity contribution in [2.45, 2.75) is 19.8 Å². The summed E-state index contributed by atoms with van der Waals surface area (Å²) in [6, 6.07) is 12.9. The van der Waals surface area contributed by atoms with Gasteiger partial charge in [-0.15, -0.1) is 0 Å². The minimum Gasteiger partial charge on any atom is -0.491 e. The van der Waals surface area contributed by atoms with E-state index in [4.69, 9.17) is 4.74 Å². The normalized spacial score (nSPS) is 12.8. The Bertz CT molecular complexity index is 789. The lowest BCUT2D eigenvalue weighted by atomic mass is 10.0. The van der Waals surface area contributed by atoms with Crippen LogP contribution < -0.4 is 20.7 Å². The third kappa shape index (κ3) is 4.50. The lowest BCUT2D eigenvalue weighted by Crippen LogP contribution is -2.32. The van der Waals surface area contributed by atoms with Crippen LogP contribution in [0.4, 0.5) is 16.2 Å². The first-order valence-corrected chi connectivity index (χ1v) is 8.28. The van der Waals surface area contributed by atoms with E-state index in [1.54, 1.807) is 6.07 Å². The highest BCUT2D eigenvalue weighted by Gasteiger charge is 2.15. The number of hydrogen-bond donors (Lipinski definition) is 3. The number of amides is 3. The van der Waals surface area contributed by atoms with Crippen LogP contribution in [0, 0.1) is 6.92 Å². The molecule has 130 valence electrons. The molecule has 6 heteroatoms. The molecule has 3 rings (SSSR count). The highest BCUT2D eigenvalue weighted by molar-refractivity contribution is 5.95. The Morgan fingerprint density at radius 1 is 1.20 bits per heavy atom. The van der Waals surface area contributed by atoms with Gasteiger partial charge in [0, 0.05) is 17.8 Å². The van der Waals surface area contributed by atoms with Crippen LogP contribution in [0.1, 0.15) is 17.5 Å². The molecule has 25 heavy (non-hydrogen) atoms. The van der Waals surface area contributed by atoms with E-state index < -0.39 is 0 Å². The SMILES string of the molecule is Cc1ccccc1OCCNC(=O)Nc1ccc2c(c1)CCC(=O)N2. The maximum absolute atomic E-state index is 12.0. The van der Waals surface area contributed by atoms with E-state index in [-0.39, 0.29) is 11.9 Å². The summed E-state index contributed by atoms with van der Waals surface area (Å²) >= 11 is 0. The predicted molar refractivity (Wildman–Crippen MR) is 97.1 cm³/mol. The van der Waals surface area contributed by atoms with Gasteiger partial charge in [0.1, 0.15) is 12.4 Å². The van der Waals surface area contributed by atoms with E-state index in [9.17, 15) is 9.59 Å². The zero-order valence-corrected chi connectivity index (χ0v) is 14.1. The summed E-state index contributed by atoms with van der Waals surface area (Å²) in [6.07, 6.45) is 1.15. The van der Waals surface area contributed by atoms with Crippen LogP contribution in [0.5, 0.6) is 5.75 Å². The molecule has 2 aromatic rings. The number of nitrogens with one attached hydrogen (secondary N) is 3. The fourth-order valence-corrected chi connectivity index (χ4v) is 2.68. The smallest absolute Gasteiger partial charge is 0.319 e. The predicted octanol–water partition coefficient (Wildman–Crippen LogP) is 3.08. The molecule has 3 N–H and O–H groups in total. The molecule has 1 heterocycles. The maximum atomic E-state index is 12.0. The van der Waals surface area contributed by atoms with Gasteiger partial charge in [-0.2, -0.15) is 0 Å². The van der Waals surface area contributed by atoms with Crippen LogP contribution >= 0.6 is 0 Å². The summed E-state index contributed by atoms with van der Waals surface area (Å²) in [5, 5.41) is 8.38. The molecule has 1 aliphatic rings. The number of rotatable bonds is 5. The Morgan fingerprint density at radius 3 is 2.88 bits per heavy atom. The van der Waals surface area contributed by atoms with Crippen LogP contribution in [-0.2, 0) is 11.2 Å². The molecule has 2 aromatic carbocycles. The minimum atomic E-state index is -0.284. The second-order valence-electron chi connectivity index (χ2n) is 5.91. The van der Waals surface area contributed by atoms with E-state index in [0.717, 1.165) is 22.6 Å². The number of para-hydroxylation sites is 1. The molecule has 0 spiro atoms. The summed E-state index contributed by atoms with van der Waals surface area (Å²) in [7, 11) is 0. The highest BCUT2D eigenvalue weighted by atomic mass is 16.5. The van der Waals surface area contributed by atoms with Crippen molar-refractivity contribution < 1.29 is 14.3 Å². The molecule has 0 aromatic heterocycles. The van der Waals surface area contributed by atoms with Gasteiger partial charge in [0.05, 0.1) is 6.54 Å². The van der Waals surface area contributed by atoms with Crippen LogP contribution in [0.25, 0.3) is 0 Å². The maximum Gasteiger partial charge on any atom is 0.319 e. The number of ether oxygens (including phenoxy) is 1. The second kappa shape index (κ2) is 7.70. The van der Waals surface area contributed by atoms with Gasteiger partial charge in [0.2, 0.25) is 5.91 Å². The Hall–Kier alpha value is -3.02. The van der Waals surface area contributed by atoms with Gasteiger partial charge in [-0.1, -0.05) is 18.2 Å². The second-order valence-corrected chi connectivity index (χ2v) is 5.91. The summed E-state index contributed by atoms with van der Waals surface area (Å²) in [6.45, 7) is 2.78. The first-order valence-electron chi connectivity index (χ1n) is 8.28. The first kappa shape index (κ1) is 16.8. The number of aryl methyl sites for hydroxylation is 2. The molecule has 0 radical (unpaired) electrons. The average molecular weight is 339 g/mol. The van der Waals surface area contributed by atoms with Crippen LogP contribution in [0.2, 0.25) is 0 Å². The molecular formula is C19H21N3O3. The molecule has 0 bridgehead atoms. The Labute approximate surface area is 146 Å². The number of carbonyl (C=O) groups excluding carboxylic acids is 2. The zero-order chi connectivity index (χ0) is 17.6. The molecule has 6 nitrogen and oxygen atoms in total. The monoisotopic (exact) mass is 339 g/mol. The van der Waals surface area contributed by atoms with E-state index in [1.165, 1.54) is 0 Å². The third-order valence-corrected chi connectivity index (χ3v) is 4.00. The Balaban J connectivity index is 1.45. The number of hydrogen-bond acceptors (Lipinski definition) is 3. The zero-order valence-electron chi connectivity index (χ0n) is 14.1. The molecule has 1 aliphatic heterocycles. The molecule has 0 unspecified atom stereocenters. The van der Waals surface area contributed by atoms with Gasteiger partial charge in [-0.25, -0.2) is 4.79 Å². The Kier molecular flexibility index (Phi) is 5.18. The lowest BCUT2D eigenvalue weighted by molar-refractivity contribution is -0.116. The van der Waals surface area contributed by atoms with E-state index in [1.807, 2.05) is 43.3 Å². The molecule has 0 atom stereocenters. The number of benzene rings is 2. The molecule has 0 aliphatic carbocycles. The molecule has 0 saturated heterocycles. The summed E-state index contributed by atoms with van der Waals surface area (Å²) in [4.78, 5) is 23.3. The fraction of sp³-hybridized carbons (Fsp3) is 0.263. The number of urea groups is 1. The standard InChI is InChI=1S/C19H21N3O3/c1-13-4-2-3-5-17(13)25-11-10-20-19(24)21-15-7-8-16-14(12-15)6-9-18(23)22-16/h2-5,7-8,12H,6,9-11H2,1H3,(H,22,23)(H2,20,21,24). The van der Waals surface area contributed by atoms with Crippen molar-refractivity contribution in [2.24, 2.45) is 0 Å². The van der Waals surface area contributed by atoms with Crippen molar-refractivity contribution in [1.29, 1.82) is 0 Å². The quantitative estimate of drug-likeness (QED) is 0.733. The topological polar surface area (TPSA) is 79.5 Å². The van der Waals surface area contributed by atoms with Gasteiger partial charge >= 0.3 is 6.03 Å². The van der Waals surface area contributed by atoms with Crippen molar-refractivity contribution in [3.63, 3.8) is 0 Å². The van der Waals surface area contributed by atoms with Crippen molar-refractivity contribution in [2.75, 3.05) is 23.8 Å². The van der Waals surface area contributed by atoms with Crippen molar-refractivity contribution in [1.82, 2.24) is 5.32 Å². The number of fused-ring (bicyclic) bond motifs is 1. The number of carbonyl (C=O) groups is 2. The Morgan fingerprint density at radius 2 is 2.04 bits per heavy atom. The van der Waals surface area contributed by atoms with E-state index >= 15 is 0 Å². The van der Waals surface area contributed by atoms with E-state index in [2.05, 4.69) is 16.0 Å². The summed E-state index contributed by atoms with van der Waals surface area (Å²) in [5.74, 6) is 0.848. The lowest BCUT2D eigenvalue weighted by Gasteiger charge is -2.18. The molecular weight excluding hydrogens is 318 g/mol. The fourth-order valence-electron chi connectivity index (χ4n) is 2.68.